The molecule has 1 aliphatic rings. The van der Waals surface area contributed by atoms with Crippen LogP contribution in [0, 0.1) is 5.92 Å². The van der Waals surface area contributed by atoms with Crippen molar-refractivity contribution < 1.29 is 9.53 Å². The van der Waals surface area contributed by atoms with Gasteiger partial charge in [-0.25, -0.2) is 0 Å². The third kappa shape index (κ3) is 1.99. The lowest BCUT2D eigenvalue weighted by Crippen LogP contribution is -2.46. The molecule has 0 fully saturated rings. The van der Waals surface area contributed by atoms with E-state index < -0.39 is 6.10 Å². The van der Waals surface area contributed by atoms with Crippen LogP contribution in [0.4, 0.5) is 11.4 Å². The second-order valence-electron chi connectivity index (χ2n) is 4.53. The van der Waals surface area contributed by atoms with E-state index >= 15 is 0 Å². The minimum Gasteiger partial charge on any atom is -0.477 e. The van der Waals surface area contributed by atoms with Crippen molar-refractivity contribution in [3.05, 3.63) is 16.6 Å². The number of likely N-dealkylation sites (N-methyl/N-ethyl adjacent to an activating group) is 1. The van der Waals surface area contributed by atoms with Crippen LogP contribution in [0.5, 0.6) is 5.75 Å². The maximum Gasteiger partial charge on any atom is 0.268 e. The van der Waals surface area contributed by atoms with E-state index in [9.17, 15) is 4.79 Å². The molecule has 1 aromatic rings. The fraction of sp³-hybridized carbons (Fsp3) is 0.417. The molecule has 17 heavy (non-hydrogen) atoms. The van der Waals surface area contributed by atoms with Gasteiger partial charge in [0.25, 0.3) is 5.91 Å². The van der Waals surface area contributed by atoms with Gasteiger partial charge in [-0.3, -0.25) is 4.79 Å². The van der Waals surface area contributed by atoms with Gasteiger partial charge in [0.15, 0.2) is 11.9 Å². The quantitative estimate of drug-likeness (QED) is 0.810. The van der Waals surface area contributed by atoms with Gasteiger partial charge in [0.05, 0.1) is 10.2 Å². The van der Waals surface area contributed by atoms with Crippen LogP contribution in [0.2, 0.25) is 0 Å². The second-order valence-corrected chi connectivity index (χ2v) is 5.39. The first-order chi connectivity index (χ1) is 7.91. The van der Waals surface area contributed by atoms with E-state index in [0.29, 0.717) is 17.1 Å². The van der Waals surface area contributed by atoms with E-state index in [2.05, 4.69) is 15.9 Å². The Kier molecular flexibility index (Phi) is 3.03. The average Bonchev–Trinajstić information content (AvgIpc) is 2.23. The number of halogens is 1. The zero-order valence-corrected chi connectivity index (χ0v) is 11.6. The number of anilines is 2. The molecular formula is C12H15BrN2O2. The van der Waals surface area contributed by atoms with E-state index in [1.807, 2.05) is 13.8 Å². The van der Waals surface area contributed by atoms with Crippen LogP contribution >= 0.6 is 15.9 Å². The summed E-state index contributed by atoms with van der Waals surface area (Å²) in [5, 5.41) is 0. The zero-order chi connectivity index (χ0) is 12.7. The first kappa shape index (κ1) is 12.2. The second kappa shape index (κ2) is 4.22. The van der Waals surface area contributed by atoms with Crippen molar-refractivity contribution in [3.63, 3.8) is 0 Å². The minimum absolute atomic E-state index is 0.0370. The molecule has 0 saturated carbocycles. The summed E-state index contributed by atoms with van der Waals surface area (Å²) >= 11 is 3.41. The van der Waals surface area contributed by atoms with Crippen LogP contribution in [0.25, 0.3) is 0 Å². The number of fused-ring (bicyclic) bond motifs is 1. The van der Waals surface area contributed by atoms with E-state index in [-0.39, 0.29) is 11.8 Å². The summed E-state index contributed by atoms with van der Waals surface area (Å²) in [4.78, 5) is 13.7. The monoisotopic (exact) mass is 298 g/mol. The number of carbonyl (C=O) groups excluding carboxylic acids is 1. The normalized spacial score (nSPS) is 19.2. The van der Waals surface area contributed by atoms with E-state index in [1.54, 1.807) is 24.1 Å². The third-order valence-electron chi connectivity index (χ3n) is 2.83. The van der Waals surface area contributed by atoms with Crippen molar-refractivity contribution in [1.82, 2.24) is 0 Å². The Labute approximate surface area is 109 Å². The molecule has 0 aliphatic carbocycles. The third-order valence-corrected chi connectivity index (χ3v) is 3.42. The first-order valence-corrected chi connectivity index (χ1v) is 6.24. The van der Waals surface area contributed by atoms with Gasteiger partial charge in [0.2, 0.25) is 0 Å². The van der Waals surface area contributed by atoms with E-state index in [4.69, 9.17) is 10.5 Å². The molecule has 1 amide bonds. The molecule has 1 aliphatic heterocycles. The molecule has 0 spiro atoms. The van der Waals surface area contributed by atoms with Crippen molar-refractivity contribution in [2.24, 2.45) is 5.92 Å². The topological polar surface area (TPSA) is 55.6 Å². The Balaban J connectivity index is 2.53. The lowest BCUT2D eigenvalue weighted by atomic mass is 10.0. The highest BCUT2D eigenvalue weighted by atomic mass is 79.9. The van der Waals surface area contributed by atoms with Crippen molar-refractivity contribution in [2.45, 2.75) is 20.0 Å². The summed E-state index contributed by atoms with van der Waals surface area (Å²) in [6, 6.07) is 3.52. The maximum atomic E-state index is 12.1. The Bertz CT molecular complexity index is 474. The smallest absolute Gasteiger partial charge is 0.268 e. The fourth-order valence-corrected chi connectivity index (χ4v) is 2.43. The van der Waals surface area contributed by atoms with Crippen LogP contribution in [-0.2, 0) is 4.79 Å². The summed E-state index contributed by atoms with van der Waals surface area (Å²) in [7, 11) is 1.74. The number of nitrogens with two attached hydrogens (primary N) is 1. The molecule has 5 heteroatoms. The number of carbonyl (C=O) groups is 1. The van der Waals surface area contributed by atoms with Crippen LogP contribution < -0.4 is 15.4 Å². The Morgan fingerprint density at radius 3 is 2.71 bits per heavy atom. The molecule has 1 atom stereocenters. The van der Waals surface area contributed by atoms with Crippen LogP contribution in [-0.4, -0.2) is 19.1 Å². The molecule has 0 saturated heterocycles. The van der Waals surface area contributed by atoms with E-state index in [1.165, 1.54) is 0 Å². The number of amides is 1. The summed E-state index contributed by atoms with van der Waals surface area (Å²) < 4.78 is 6.54. The molecule has 1 aromatic carbocycles. The highest BCUT2D eigenvalue weighted by molar-refractivity contribution is 9.10. The number of ether oxygens (including phenoxy) is 1. The van der Waals surface area contributed by atoms with Gasteiger partial charge >= 0.3 is 0 Å². The van der Waals surface area contributed by atoms with Gasteiger partial charge in [-0.2, -0.15) is 0 Å². The number of rotatable bonds is 1. The average molecular weight is 299 g/mol. The van der Waals surface area contributed by atoms with Crippen molar-refractivity contribution in [2.75, 3.05) is 17.7 Å². The van der Waals surface area contributed by atoms with Crippen molar-refractivity contribution >= 4 is 33.2 Å². The summed E-state index contributed by atoms with van der Waals surface area (Å²) in [6.45, 7) is 3.93. The number of benzene rings is 1. The van der Waals surface area contributed by atoms with Gasteiger partial charge in [-0.15, -0.1) is 0 Å². The number of hydrogen-bond donors (Lipinski definition) is 1. The largest absolute Gasteiger partial charge is 0.477 e. The number of nitrogen functional groups attached to an aromatic ring is 1. The molecule has 0 aromatic heterocycles. The number of hydrogen-bond acceptors (Lipinski definition) is 3. The molecular weight excluding hydrogens is 284 g/mol. The fourth-order valence-electron chi connectivity index (χ4n) is 1.87. The molecule has 2 N–H and O–H groups in total. The summed E-state index contributed by atoms with van der Waals surface area (Å²) in [5.74, 6) is 0.771. The van der Waals surface area contributed by atoms with Crippen molar-refractivity contribution in [3.8, 4) is 5.75 Å². The standard InChI is InChI=1S/C12H15BrN2O2/c1-6(2)10-12(16)15(3)9-5-7(14)4-8(13)11(9)17-10/h4-6,10H,14H2,1-3H3. The number of nitrogens with zero attached hydrogens (tertiary/aromatic N) is 1. The first-order valence-electron chi connectivity index (χ1n) is 5.45. The van der Waals surface area contributed by atoms with Gasteiger partial charge in [-0.05, 0) is 34.0 Å². The highest BCUT2D eigenvalue weighted by Gasteiger charge is 2.35. The van der Waals surface area contributed by atoms with E-state index in [0.717, 1.165) is 4.47 Å². The van der Waals surface area contributed by atoms with Crippen molar-refractivity contribution in [1.29, 1.82) is 0 Å². The zero-order valence-electron chi connectivity index (χ0n) is 10.0. The predicted molar refractivity (Wildman–Crippen MR) is 71.2 cm³/mol. The Hall–Kier alpha value is -1.23. The SMILES string of the molecule is CC(C)C1Oc2c(Br)cc(N)cc2N(C)C1=O. The lowest BCUT2D eigenvalue weighted by Gasteiger charge is -2.34. The Morgan fingerprint density at radius 2 is 2.12 bits per heavy atom. The summed E-state index contributed by atoms with van der Waals surface area (Å²) in [5.41, 5.74) is 7.07. The lowest BCUT2D eigenvalue weighted by molar-refractivity contribution is -0.127. The molecule has 1 unspecified atom stereocenters. The molecule has 92 valence electrons. The van der Waals surface area contributed by atoms with Gasteiger partial charge in [0.1, 0.15) is 0 Å². The maximum absolute atomic E-state index is 12.1. The Morgan fingerprint density at radius 1 is 1.47 bits per heavy atom. The predicted octanol–water partition coefficient (Wildman–Crippen LogP) is 2.41. The van der Waals surface area contributed by atoms with Gasteiger partial charge < -0.3 is 15.4 Å². The van der Waals surface area contributed by atoms with Gasteiger partial charge in [0, 0.05) is 12.7 Å². The highest BCUT2D eigenvalue weighted by Crippen LogP contribution is 2.42. The molecule has 0 bridgehead atoms. The van der Waals surface area contributed by atoms with Gasteiger partial charge in [-0.1, -0.05) is 13.8 Å². The molecule has 4 nitrogen and oxygen atoms in total. The summed E-state index contributed by atoms with van der Waals surface area (Å²) in [6.07, 6.45) is -0.438. The molecule has 2 rings (SSSR count). The van der Waals surface area contributed by atoms with Crippen LogP contribution in [0.3, 0.4) is 0 Å². The van der Waals surface area contributed by atoms with Crippen LogP contribution in [0.1, 0.15) is 13.8 Å². The van der Waals surface area contributed by atoms with Crippen LogP contribution in [0.15, 0.2) is 16.6 Å². The molecule has 0 radical (unpaired) electrons. The molecule has 1 heterocycles. The minimum atomic E-state index is -0.438.